The molecule has 1 heterocycles. The van der Waals surface area contributed by atoms with Crippen LogP contribution in [0, 0.1) is 6.92 Å². The monoisotopic (exact) mass is 338 g/mol. The van der Waals surface area contributed by atoms with Crippen molar-refractivity contribution in [2.45, 2.75) is 13.8 Å². The largest absolute Gasteiger partial charge is 0.508 e. The summed E-state index contributed by atoms with van der Waals surface area (Å²) < 4.78 is 6.73. The van der Waals surface area contributed by atoms with E-state index in [4.69, 9.17) is 4.74 Å². The molecule has 0 aliphatic rings. The minimum Gasteiger partial charge on any atom is -0.508 e. The lowest BCUT2D eigenvalue weighted by atomic mass is 10.1. The van der Waals surface area contributed by atoms with Gasteiger partial charge in [0.2, 0.25) is 0 Å². The first-order chi connectivity index (χ1) is 12.0. The Labute approximate surface area is 145 Å². The summed E-state index contributed by atoms with van der Waals surface area (Å²) in [5.41, 5.74) is 2.43. The molecule has 0 bridgehead atoms. The highest BCUT2D eigenvalue weighted by Gasteiger charge is 2.19. The van der Waals surface area contributed by atoms with Crippen molar-refractivity contribution >= 4 is 5.97 Å². The summed E-state index contributed by atoms with van der Waals surface area (Å²) in [6, 6.07) is 11.9. The number of rotatable bonds is 4. The Hall–Kier alpha value is -3.28. The zero-order chi connectivity index (χ0) is 18.0. The molecule has 3 rings (SSSR count). The fourth-order valence-electron chi connectivity index (χ4n) is 2.48. The van der Waals surface area contributed by atoms with Crippen LogP contribution in [0.1, 0.15) is 23.0 Å². The minimum absolute atomic E-state index is 0.0553. The topological polar surface area (TPSA) is 84.6 Å². The molecule has 1 aromatic heterocycles. The molecular weight excluding hydrogens is 320 g/mol. The Morgan fingerprint density at radius 2 is 1.88 bits per heavy atom. The van der Waals surface area contributed by atoms with Crippen molar-refractivity contribution in [1.29, 1.82) is 0 Å². The summed E-state index contributed by atoms with van der Waals surface area (Å²) in [5.74, 6) is -0.341. The number of phenolic OH excluding ortho intramolecular Hbond substituents is 2. The highest BCUT2D eigenvalue weighted by molar-refractivity contribution is 5.88. The van der Waals surface area contributed by atoms with Gasteiger partial charge < -0.3 is 14.9 Å². The van der Waals surface area contributed by atoms with E-state index in [1.165, 1.54) is 12.1 Å². The standard InChI is InChI=1S/C19H18N2O4/c1-3-25-19(24)16-11-21(13-6-4-12(2)5-7-13)18(20-16)15-9-8-14(22)10-17(15)23/h4-11,22-23H,3H2,1-2H3. The van der Waals surface area contributed by atoms with Gasteiger partial charge in [-0.1, -0.05) is 17.7 Å². The zero-order valence-corrected chi connectivity index (χ0v) is 13.9. The quantitative estimate of drug-likeness (QED) is 0.712. The van der Waals surface area contributed by atoms with E-state index in [1.807, 2.05) is 31.2 Å². The molecule has 6 heteroatoms. The summed E-state index contributed by atoms with van der Waals surface area (Å²) in [6.07, 6.45) is 1.57. The summed E-state index contributed by atoms with van der Waals surface area (Å²) in [7, 11) is 0. The molecule has 0 saturated heterocycles. The molecule has 0 fully saturated rings. The first-order valence-corrected chi connectivity index (χ1v) is 7.85. The molecule has 6 nitrogen and oxygen atoms in total. The number of ether oxygens (including phenoxy) is 1. The van der Waals surface area contributed by atoms with Gasteiger partial charge in [-0.15, -0.1) is 0 Å². The van der Waals surface area contributed by atoms with Gasteiger partial charge in [0.15, 0.2) is 5.69 Å². The SMILES string of the molecule is CCOC(=O)c1cn(-c2ccc(C)cc2)c(-c2ccc(O)cc2O)n1. The van der Waals surface area contributed by atoms with Gasteiger partial charge in [-0.3, -0.25) is 4.57 Å². The average molecular weight is 338 g/mol. The van der Waals surface area contributed by atoms with E-state index in [9.17, 15) is 15.0 Å². The number of hydrogen-bond donors (Lipinski definition) is 2. The van der Waals surface area contributed by atoms with Crippen molar-refractivity contribution < 1.29 is 19.7 Å². The Bertz CT molecular complexity index is 914. The van der Waals surface area contributed by atoms with E-state index in [0.717, 1.165) is 11.3 Å². The highest BCUT2D eigenvalue weighted by Crippen LogP contribution is 2.33. The zero-order valence-electron chi connectivity index (χ0n) is 13.9. The summed E-state index contributed by atoms with van der Waals surface area (Å²) >= 11 is 0. The van der Waals surface area contributed by atoms with Crippen LogP contribution < -0.4 is 0 Å². The molecule has 0 atom stereocenters. The van der Waals surface area contributed by atoms with Gasteiger partial charge in [0.1, 0.15) is 17.3 Å². The number of carbonyl (C=O) groups excluding carboxylic acids is 1. The molecule has 0 saturated carbocycles. The smallest absolute Gasteiger partial charge is 0.358 e. The number of benzene rings is 2. The molecule has 0 spiro atoms. The maximum Gasteiger partial charge on any atom is 0.358 e. The Morgan fingerprint density at radius 3 is 2.52 bits per heavy atom. The predicted octanol–water partition coefficient (Wildman–Crippen LogP) is 3.44. The molecule has 128 valence electrons. The Balaban J connectivity index is 2.17. The van der Waals surface area contributed by atoms with Crippen LogP contribution in [0.2, 0.25) is 0 Å². The summed E-state index contributed by atoms with van der Waals surface area (Å²) in [6.45, 7) is 3.95. The van der Waals surface area contributed by atoms with E-state index >= 15 is 0 Å². The Morgan fingerprint density at radius 1 is 1.16 bits per heavy atom. The predicted molar refractivity (Wildman–Crippen MR) is 93.0 cm³/mol. The average Bonchev–Trinajstić information content (AvgIpc) is 3.01. The van der Waals surface area contributed by atoms with Gasteiger partial charge in [-0.25, -0.2) is 9.78 Å². The second kappa shape index (κ2) is 6.68. The number of aryl methyl sites for hydroxylation is 1. The van der Waals surface area contributed by atoms with Gasteiger partial charge in [0.05, 0.1) is 12.2 Å². The second-order valence-electron chi connectivity index (χ2n) is 5.58. The Kier molecular flexibility index (Phi) is 4.43. The number of aromatic hydroxyl groups is 2. The maximum absolute atomic E-state index is 12.1. The van der Waals surface area contributed by atoms with Crippen LogP contribution in [0.5, 0.6) is 11.5 Å². The van der Waals surface area contributed by atoms with Crippen LogP contribution in [0.3, 0.4) is 0 Å². The van der Waals surface area contributed by atoms with Gasteiger partial charge in [0.25, 0.3) is 0 Å². The van der Waals surface area contributed by atoms with Gasteiger partial charge in [-0.2, -0.15) is 0 Å². The molecular formula is C19H18N2O4. The normalized spacial score (nSPS) is 10.6. The fourth-order valence-corrected chi connectivity index (χ4v) is 2.48. The van der Waals surface area contributed by atoms with Gasteiger partial charge in [0, 0.05) is 18.0 Å². The van der Waals surface area contributed by atoms with Crippen molar-refractivity contribution in [3.8, 4) is 28.6 Å². The third-order valence-electron chi connectivity index (χ3n) is 3.72. The molecule has 0 aliphatic heterocycles. The third kappa shape index (κ3) is 3.33. The molecule has 0 radical (unpaired) electrons. The lowest BCUT2D eigenvalue weighted by Gasteiger charge is -2.09. The van der Waals surface area contributed by atoms with Crippen LogP contribution >= 0.6 is 0 Å². The molecule has 0 amide bonds. The van der Waals surface area contributed by atoms with E-state index in [2.05, 4.69) is 4.98 Å². The van der Waals surface area contributed by atoms with E-state index in [-0.39, 0.29) is 23.8 Å². The van der Waals surface area contributed by atoms with Gasteiger partial charge >= 0.3 is 5.97 Å². The van der Waals surface area contributed by atoms with Crippen LogP contribution in [-0.4, -0.2) is 32.3 Å². The van der Waals surface area contributed by atoms with Crippen molar-refractivity contribution in [1.82, 2.24) is 9.55 Å². The number of hydrogen-bond acceptors (Lipinski definition) is 5. The number of imidazole rings is 1. The lowest BCUT2D eigenvalue weighted by molar-refractivity contribution is 0.0520. The second-order valence-corrected chi connectivity index (χ2v) is 5.58. The number of carbonyl (C=O) groups is 1. The molecule has 0 unspecified atom stereocenters. The molecule has 25 heavy (non-hydrogen) atoms. The van der Waals surface area contributed by atoms with Crippen molar-refractivity contribution in [3.05, 3.63) is 59.9 Å². The molecule has 3 aromatic rings. The number of esters is 1. The number of aromatic nitrogens is 2. The number of phenols is 2. The van der Waals surface area contributed by atoms with Crippen molar-refractivity contribution in [2.75, 3.05) is 6.61 Å². The number of nitrogens with zero attached hydrogens (tertiary/aromatic N) is 2. The van der Waals surface area contributed by atoms with Crippen molar-refractivity contribution in [3.63, 3.8) is 0 Å². The summed E-state index contributed by atoms with van der Waals surface area (Å²) in [4.78, 5) is 16.4. The van der Waals surface area contributed by atoms with E-state index in [0.29, 0.717) is 11.4 Å². The fraction of sp³-hybridized carbons (Fsp3) is 0.158. The van der Waals surface area contributed by atoms with Crippen LogP contribution in [0.25, 0.3) is 17.1 Å². The molecule has 0 aliphatic carbocycles. The minimum atomic E-state index is -0.534. The first-order valence-electron chi connectivity index (χ1n) is 7.85. The van der Waals surface area contributed by atoms with Gasteiger partial charge in [-0.05, 0) is 38.1 Å². The van der Waals surface area contributed by atoms with E-state index in [1.54, 1.807) is 23.8 Å². The third-order valence-corrected chi connectivity index (χ3v) is 3.72. The van der Waals surface area contributed by atoms with Crippen LogP contribution in [0.15, 0.2) is 48.7 Å². The van der Waals surface area contributed by atoms with Crippen molar-refractivity contribution in [2.24, 2.45) is 0 Å². The van der Waals surface area contributed by atoms with Crippen LogP contribution in [-0.2, 0) is 4.74 Å². The maximum atomic E-state index is 12.1. The highest BCUT2D eigenvalue weighted by atomic mass is 16.5. The van der Waals surface area contributed by atoms with E-state index < -0.39 is 5.97 Å². The lowest BCUT2D eigenvalue weighted by Crippen LogP contribution is -2.04. The molecule has 2 N–H and O–H groups in total. The summed E-state index contributed by atoms with van der Waals surface area (Å²) in [5, 5.41) is 19.7. The molecule has 2 aromatic carbocycles. The van der Waals surface area contributed by atoms with Crippen LogP contribution in [0.4, 0.5) is 0 Å². The first kappa shape index (κ1) is 16.6.